The first-order valence-electron chi connectivity index (χ1n) is 8.47. The minimum atomic E-state index is -0.814. The molecule has 7 heteroatoms. The highest BCUT2D eigenvalue weighted by Gasteiger charge is 2.40. The number of aromatic nitrogens is 3. The normalized spacial score (nSPS) is 16.8. The average molecular weight is 329 g/mol. The van der Waals surface area contributed by atoms with Crippen molar-refractivity contribution in [2.45, 2.75) is 51.5 Å². The van der Waals surface area contributed by atoms with Crippen molar-refractivity contribution in [2.75, 3.05) is 6.54 Å². The minimum absolute atomic E-state index is 0.0911. The Balaban J connectivity index is 1.86. The first-order chi connectivity index (χ1) is 11.6. The van der Waals surface area contributed by atoms with Crippen LogP contribution in [0.15, 0.2) is 12.3 Å². The monoisotopic (exact) mass is 329 g/mol. The number of hydrogen-bond acceptors (Lipinski definition) is 4. The third-order valence-corrected chi connectivity index (χ3v) is 4.69. The number of aryl methyl sites for hydroxylation is 1. The van der Waals surface area contributed by atoms with Crippen LogP contribution in [0.25, 0.3) is 11.0 Å². The number of carbonyl (C=O) groups is 2. The zero-order chi connectivity index (χ0) is 17.2. The highest BCUT2D eigenvalue weighted by Crippen LogP contribution is 2.29. The van der Waals surface area contributed by atoms with Gasteiger partial charge in [0.1, 0.15) is 5.54 Å². The largest absolute Gasteiger partial charge is 0.354 e. The van der Waals surface area contributed by atoms with E-state index in [1.807, 2.05) is 13.8 Å². The topological polar surface area (TPSA) is 99.8 Å². The Bertz CT molecular complexity index is 761. The quantitative estimate of drug-likeness (QED) is 0.797. The van der Waals surface area contributed by atoms with Gasteiger partial charge in [0, 0.05) is 23.8 Å². The molecule has 0 bridgehead atoms. The number of likely N-dealkylation sites (N-methyl/N-ethyl adjacent to an activating group) is 1. The lowest BCUT2D eigenvalue weighted by atomic mass is 9.80. The zero-order valence-electron chi connectivity index (χ0n) is 14.1. The molecule has 2 heterocycles. The Morgan fingerprint density at radius 1 is 1.29 bits per heavy atom. The average Bonchev–Trinajstić information content (AvgIpc) is 2.96. The van der Waals surface area contributed by atoms with Gasteiger partial charge in [0.15, 0.2) is 5.65 Å². The third-order valence-electron chi connectivity index (χ3n) is 4.69. The number of aromatic amines is 1. The van der Waals surface area contributed by atoms with E-state index >= 15 is 0 Å². The maximum Gasteiger partial charge on any atom is 0.253 e. The van der Waals surface area contributed by atoms with Crippen LogP contribution in [-0.2, 0) is 4.79 Å². The summed E-state index contributed by atoms with van der Waals surface area (Å²) in [4.78, 5) is 29.5. The predicted octanol–water partition coefficient (Wildman–Crippen LogP) is 1.84. The summed E-state index contributed by atoms with van der Waals surface area (Å²) in [6, 6.07) is 1.77. The molecule has 1 aliphatic rings. The van der Waals surface area contributed by atoms with Crippen LogP contribution in [0, 0.1) is 6.92 Å². The molecule has 2 aromatic heterocycles. The second kappa shape index (κ2) is 6.59. The molecule has 128 valence electrons. The van der Waals surface area contributed by atoms with Gasteiger partial charge in [-0.05, 0) is 32.8 Å². The molecule has 3 rings (SSSR count). The van der Waals surface area contributed by atoms with Crippen LogP contribution in [0.1, 0.15) is 55.1 Å². The van der Waals surface area contributed by atoms with Gasteiger partial charge < -0.3 is 10.6 Å². The summed E-state index contributed by atoms with van der Waals surface area (Å²) < 4.78 is 0. The molecule has 7 nitrogen and oxygen atoms in total. The van der Waals surface area contributed by atoms with Gasteiger partial charge in [0.25, 0.3) is 5.91 Å². The Labute approximate surface area is 140 Å². The van der Waals surface area contributed by atoms with E-state index < -0.39 is 5.54 Å². The van der Waals surface area contributed by atoms with Gasteiger partial charge in [-0.15, -0.1) is 0 Å². The second-order valence-corrected chi connectivity index (χ2v) is 6.40. The molecular weight excluding hydrogens is 306 g/mol. The Hall–Kier alpha value is -2.44. The van der Waals surface area contributed by atoms with E-state index in [-0.39, 0.29) is 11.8 Å². The maximum absolute atomic E-state index is 12.7. The number of rotatable bonds is 4. The molecule has 0 atom stereocenters. The molecule has 0 radical (unpaired) electrons. The molecular formula is C17H23N5O2. The van der Waals surface area contributed by atoms with Crippen molar-refractivity contribution in [1.29, 1.82) is 0 Å². The number of nitrogens with zero attached hydrogens (tertiary/aromatic N) is 2. The molecule has 0 aliphatic heterocycles. The van der Waals surface area contributed by atoms with E-state index in [0.29, 0.717) is 30.6 Å². The SMILES string of the molecule is CCNC(=O)C1(NC(=O)c2cnc3n[nH]c(C)c3c2)CCCCC1. The lowest BCUT2D eigenvalue weighted by Gasteiger charge is -2.36. The number of amides is 2. The van der Waals surface area contributed by atoms with Crippen LogP contribution in [-0.4, -0.2) is 39.1 Å². The molecule has 2 aromatic rings. The molecule has 0 spiro atoms. The van der Waals surface area contributed by atoms with Crippen LogP contribution < -0.4 is 10.6 Å². The van der Waals surface area contributed by atoms with Gasteiger partial charge >= 0.3 is 0 Å². The first kappa shape index (κ1) is 16.4. The summed E-state index contributed by atoms with van der Waals surface area (Å²) in [5.74, 6) is -0.357. The first-order valence-corrected chi connectivity index (χ1v) is 8.47. The standard InChI is InChI=1S/C17H23N5O2/c1-3-18-16(24)17(7-5-4-6-8-17)20-15(23)12-9-13-11(2)21-22-14(13)19-10-12/h9-10H,3-8H2,1-2H3,(H,18,24)(H,20,23)(H,19,21,22). The maximum atomic E-state index is 12.7. The molecule has 3 N–H and O–H groups in total. The number of H-pyrrole nitrogens is 1. The van der Waals surface area contributed by atoms with E-state index in [9.17, 15) is 9.59 Å². The van der Waals surface area contributed by atoms with E-state index in [1.165, 1.54) is 6.20 Å². The van der Waals surface area contributed by atoms with Gasteiger partial charge in [0.2, 0.25) is 5.91 Å². The third kappa shape index (κ3) is 2.98. The van der Waals surface area contributed by atoms with Gasteiger partial charge in [-0.2, -0.15) is 5.10 Å². The van der Waals surface area contributed by atoms with Gasteiger partial charge in [-0.3, -0.25) is 14.7 Å². The number of nitrogens with one attached hydrogen (secondary N) is 3. The van der Waals surface area contributed by atoms with Crippen LogP contribution in [0.3, 0.4) is 0 Å². The van der Waals surface area contributed by atoms with Gasteiger partial charge in [-0.1, -0.05) is 19.3 Å². The molecule has 0 unspecified atom stereocenters. The second-order valence-electron chi connectivity index (χ2n) is 6.40. The van der Waals surface area contributed by atoms with Gasteiger partial charge in [0.05, 0.1) is 5.56 Å². The van der Waals surface area contributed by atoms with Crippen molar-refractivity contribution < 1.29 is 9.59 Å². The fraction of sp³-hybridized carbons (Fsp3) is 0.529. The Morgan fingerprint density at radius 3 is 2.75 bits per heavy atom. The smallest absolute Gasteiger partial charge is 0.253 e. The summed E-state index contributed by atoms with van der Waals surface area (Å²) in [6.07, 6.45) is 5.83. The van der Waals surface area contributed by atoms with E-state index in [4.69, 9.17) is 0 Å². The molecule has 1 fully saturated rings. The molecule has 2 amide bonds. The molecule has 0 aromatic carbocycles. The van der Waals surface area contributed by atoms with Crippen LogP contribution >= 0.6 is 0 Å². The number of fused-ring (bicyclic) bond motifs is 1. The summed E-state index contributed by atoms with van der Waals surface area (Å²) in [5.41, 5.74) is 1.08. The van der Waals surface area contributed by atoms with Crippen molar-refractivity contribution in [3.63, 3.8) is 0 Å². The van der Waals surface area contributed by atoms with Crippen molar-refractivity contribution in [3.8, 4) is 0 Å². The van der Waals surface area contributed by atoms with Crippen molar-refractivity contribution in [3.05, 3.63) is 23.5 Å². The van der Waals surface area contributed by atoms with Crippen LogP contribution in [0.4, 0.5) is 0 Å². The van der Waals surface area contributed by atoms with E-state index in [0.717, 1.165) is 30.3 Å². The molecule has 1 saturated carbocycles. The predicted molar refractivity (Wildman–Crippen MR) is 90.6 cm³/mol. The highest BCUT2D eigenvalue weighted by molar-refractivity contribution is 6.01. The van der Waals surface area contributed by atoms with Crippen LogP contribution in [0.5, 0.6) is 0 Å². The van der Waals surface area contributed by atoms with E-state index in [2.05, 4.69) is 25.8 Å². The lowest BCUT2D eigenvalue weighted by Crippen LogP contribution is -2.59. The van der Waals surface area contributed by atoms with Crippen molar-refractivity contribution >= 4 is 22.8 Å². The van der Waals surface area contributed by atoms with Gasteiger partial charge in [-0.25, -0.2) is 4.98 Å². The van der Waals surface area contributed by atoms with Crippen molar-refractivity contribution in [1.82, 2.24) is 25.8 Å². The molecule has 24 heavy (non-hydrogen) atoms. The fourth-order valence-corrected chi connectivity index (χ4v) is 3.33. The summed E-state index contributed by atoms with van der Waals surface area (Å²) in [7, 11) is 0. The number of hydrogen-bond donors (Lipinski definition) is 3. The zero-order valence-corrected chi connectivity index (χ0v) is 14.1. The summed E-state index contributed by atoms with van der Waals surface area (Å²) in [6.45, 7) is 4.32. The number of pyridine rings is 1. The molecule has 0 saturated heterocycles. The number of carbonyl (C=O) groups excluding carboxylic acids is 2. The summed E-state index contributed by atoms with van der Waals surface area (Å²) in [5, 5.41) is 13.6. The van der Waals surface area contributed by atoms with Crippen molar-refractivity contribution in [2.24, 2.45) is 0 Å². The molecule has 1 aliphatic carbocycles. The minimum Gasteiger partial charge on any atom is -0.354 e. The Kier molecular flexibility index (Phi) is 4.51. The summed E-state index contributed by atoms with van der Waals surface area (Å²) >= 11 is 0. The Morgan fingerprint density at radius 2 is 2.04 bits per heavy atom. The highest BCUT2D eigenvalue weighted by atomic mass is 16.2. The lowest BCUT2D eigenvalue weighted by molar-refractivity contribution is -0.128. The van der Waals surface area contributed by atoms with Crippen LogP contribution in [0.2, 0.25) is 0 Å². The fourth-order valence-electron chi connectivity index (χ4n) is 3.33. The van der Waals surface area contributed by atoms with E-state index in [1.54, 1.807) is 6.07 Å².